The fraction of sp³-hybridized carbons (Fsp3) is 0.417. The number of nitrogens with one attached hydrogen (secondary N) is 2. The SMILES string of the molecule is CCOCCCNC(=O)c1cc(Cl)ccc1NN. The maximum absolute atomic E-state index is 11.9. The van der Waals surface area contributed by atoms with Gasteiger partial charge in [-0.05, 0) is 31.5 Å². The summed E-state index contributed by atoms with van der Waals surface area (Å²) in [6.45, 7) is 3.80. The number of halogens is 1. The Bertz CT molecular complexity index is 399. The van der Waals surface area contributed by atoms with Crippen molar-refractivity contribution in [2.24, 2.45) is 5.84 Å². The van der Waals surface area contributed by atoms with E-state index in [2.05, 4.69) is 10.7 Å². The molecule has 0 aromatic heterocycles. The van der Waals surface area contributed by atoms with E-state index in [-0.39, 0.29) is 5.91 Å². The maximum atomic E-state index is 11.9. The molecule has 0 fully saturated rings. The Kier molecular flexibility index (Phi) is 6.49. The molecule has 0 aliphatic carbocycles. The monoisotopic (exact) mass is 271 g/mol. The molecule has 100 valence electrons. The smallest absolute Gasteiger partial charge is 0.253 e. The van der Waals surface area contributed by atoms with E-state index in [1.54, 1.807) is 18.2 Å². The van der Waals surface area contributed by atoms with Crippen LogP contribution in [0, 0.1) is 0 Å². The third-order valence-electron chi connectivity index (χ3n) is 2.34. The van der Waals surface area contributed by atoms with Crippen LogP contribution in [0.5, 0.6) is 0 Å². The molecular weight excluding hydrogens is 254 g/mol. The molecule has 1 amide bonds. The molecule has 0 aliphatic heterocycles. The lowest BCUT2D eigenvalue weighted by molar-refractivity contribution is 0.0945. The van der Waals surface area contributed by atoms with E-state index < -0.39 is 0 Å². The van der Waals surface area contributed by atoms with E-state index >= 15 is 0 Å². The standard InChI is InChI=1S/C12H18ClN3O2/c1-2-18-7-3-6-15-12(17)10-8-9(13)4-5-11(10)16-14/h4-5,8,16H,2-3,6-7,14H2,1H3,(H,15,17). The van der Waals surface area contributed by atoms with Crippen LogP contribution in [0.15, 0.2) is 18.2 Å². The van der Waals surface area contributed by atoms with Gasteiger partial charge in [-0.25, -0.2) is 0 Å². The second kappa shape index (κ2) is 7.92. The van der Waals surface area contributed by atoms with Gasteiger partial charge in [0.05, 0.1) is 11.3 Å². The molecule has 0 radical (unpaired) electrons. The summed E-state index contributed by atoms with van der Waals surface area (Å²) in [6.07, 6.45) is 0.769. The number of amides is 1. The number of anilines is 1. The normalized spacial score (nSPS) is 10.2. The van der Waals surface area contributed by atoms with Gasteiger partial charge in [-0.1, -0.05) is 11.6 Å². The molecule has 5 nitrogen and oxygen atoms in total. The maximum Gasteiger partial charge on any atom is 0.253 e. The number of rotatable bonds is 7. The highest BCUT2D eigenvalue weighted by Gasteiger charge is 2.10. The van der Waals surface area contributed by atoms with E-state index in [1.807, 2.05) is 6.92 Å². The van der Waals surface area contributed by atoms with E-state index in [0.29, 0.717) is 36.0 Å². The fourth-order valence-electron chi connectivity index (χ4n) is 1.45. The summed E-state index contributed by atoms with van der Waals surface area (Å²) >= 11 is 5.85. The number of hydrazine groups is 1. The molecule has 0 unspecified atom stereocenters. The van der Waals surface area contributed by atoms with Crippen molar-refractivity contribution >= 4 is 23.2 Å². The van der Waals surface area contributed by atoms with Crippen molar-refractivity contribution in [2.45, 2.75) is 13.3 Å². The minimum atomic E-state index is -0.207. The van der Waals surface area contributed by atoms with Crippen molar-refractivity contribution in [3.05, 3.63) is 28.8 Å². The van der Waals surface area contributed by atoms with Crippen molar-refractivity contribution in [1.82, 2.24) is 5.32 Å². The molecule has 1 aromatic rings. The molecule has 1 rings (SSSR count). The van der Waals surface area contributed by atoms with Gasteiger partial charge in [-0.15, -0.1) is 0 Å². The van der Waals surface area contributed by atoms with E-state index in [0.717, 1.165) is 6.42 Å². The summed E-state index contributed by atoms with van der Waals surface area (Å²) in [5, 5.41) is 3.28. The Morgan fingerprint density at radius 2 is 2.28 bits per heavy atom. The first kappa shape index (κ1) is 14.8. The van der Waals surface area contributed by atoms with Gasteiger partial charge < -0.3 is 15.5 Å². The predicted octanol–water partition coefficient (Wildman–Crippen LogP) is 1.78. The average Bonchev–Trinajstić information content (AvgIpc) is 2.38. The van der Waals surface area contributed by atoms with E-state index in [4.69, 9.17) is 22.2 Å². The van der Waals surface area contributed by atoms with Crippen LogP contribution in [0.2, 0.25) is 5.02 Å². The van der Waals surface area contributed by atoms with Gasteiger partial charge in [0.2, 0.25) is 0 Å². The molecule has 0 saturated heterocycles. The average molecular weight is 272 g/mol. The van der Waals surface area contributed by atoms with Crippen LogP contribution in [0.1, 0.15) is 23.7 Å². The van der Waals surface area contributed by atoms with Crippen molar-refractivity contribution in [3.63, 3.8) is 0 Å². The number of ether oxygens (including phenoxy) is 1. The van der Waals surface area contributed by atoms with Crippen LogP contribution in [-0.2, 0) is 4.74 Å². The van der Waals surface area contributed by atoms with Gasteiger partial charge in [0, 0.05) is 24.8 Å². The van der Waals surface area contributed by atoms with Crippen LogP contribution < -0.4 is 16.6 Å². The summed E-state index contributed by atoms with van der Waals surface area (Å²) in [6, 6.07) is 4.91. The molecule has 0 bridgehead atoms. The molecule has 1 aromatic carbocycles. The summed E-state index contributed by atoms with van der Waals surface area (Å²) in [7, 11) is 0. The van der Waals surface area contributed by atoms with Gasteiger partial charge in [0.1, 0.15) is 0 Å². The zero-order valence-electron chi connectivity index (χ0n) is 10.3. The van der Waals surface area contributed by atoms with Crippen molar-refractivity contribution < 1.29 is 9.53 Å². The second-order valence-corrected chi connectivity index (χ2v) is 4.08. The lowest BCUT2D eigenvalue weighted by Crippen LogP contribution is -2.26. The quantitative estimate of drug-likeness (QED) is 0.401. The molecule has 0 atom stereocenters. The lowest BCUT2D eigenvalue weighted by Gasteiger charge is -2.10. The Hall–Kier alpha value is -1.30. The third kappa shape index (κ3) is 4.52. The number of nitrogen functional groups attached to an aromatic ring is 1. The largest absolute Gasteiger partial charge is 0.382 e. The molecule has 0 spiro atoms. The van der Waals surface area contributed by atoms with Crippen molar-refractivity contribution in [2.75, 3.05) is 25.2 Å². The van der Waals surface area contributed by atoms with Crippen LogP contribution in [0.3, 0.4) is 0 Å². The summed E-state index contributed by atoms with van der Waals surface area (Å²) in [5.74, 6) is 5.13. The van der Waals surface area contributed by atoms with Crippen molar-refractivity contribution in [3.8, 4) is 0 Å². The minimum Gasteiger partial charge on any atom is -0.382 e. The Morgan fingerprint density at radius 1 is 1.50 bits per heavy atom. The first-order chi connectivity index (χ1) is 8.69. The highest BCUT2D eigenvalue weighted by molar-refractivity contribution is 6.31. The first-order valence-corrected chi connectivity index (χ1v) is 6.19. The molecule has 0 saturated carbocycles. The highest BCUT2D eigenvalue weighted by Crippen LogP contribution is 2.19. The first-order valence-electron chi connectivity index (χ1n) is 5.81. The van der Waals surface area contributed by atoms with E-state index in [9.17, 15) is 4.79 Å². The number of benzene rings is 1. The Morgan fingerprint density at radius 3 is 2.94 bits per heavy atom. The molecule has 4 N–H and O–H groups in total. The van der Waals surface area contributed by atoms with Gasteiger partial charge in [-0.3, -0.25) is 10.6 Å². The molecule has 18 heavy (non-hydrogen) atoms. The zero-order valence-corrected chi connectivity index (χ0v) is 11.1. The summed E-state index contributed by atoms with van der Waals surface area (Å²) in [5.41, 5.74) is 3.45. The minimum absolute atomic E-state index is 0.207. The van der Waals surface area contributed by atoms with Gasteiger partial charge in [0.25, 0.3) is 5.91 Å². The topological polar surface area (TPSA) is 76.4 Å². The van der Waals surface area contributed by atoms with Gasteiger partial charge >= 0.3 is 0 Å². The lowest BCUT2D eigenvalue weighted by atomic mass is 10.1. The molecular formula is C12H18ClN3O2. The van der Waals surface area contributed by atoms with Crippen LogP contribution >= 0.6 is 11.6 Å². The Balaban J connectivity index is 2.52. The number of hydrogen-bond acceptors (Lipinski definition) is 4. The molecule has 6 heteroatoms. The molecule has 0 heterocycles. The van der Waals surface area contributed by atoms with Gasteiger partial charge in [-0.2, -0.15) is 0 Å². The number of carbonyl (C=O) groups is 1. The number of nitrogens with two attached hydrogens (primary N) is 1. The fourth-order valence-corrected chi connectivity index (χ4v) is 1.62. The zero-order chi connectivity index (χ0) is 13.4. The number of hydrogen-bond donors (Lipinski definition) is 3. The van der Waals surface area contributed by atoms with Crippen LogP contribution in [0.4, 0.5) is 5.69 Å². The molecule has 0 aliphatic rings. The summed E-state index contributed by atoms with van der Waals surface area (Å²) < 4.78 is 5.18. The van der Waals surface area contributed by atoms with Crippen LogP contribution in [-0.4, -0.2) is 25.7 Å². The predicted molar refractivity (Wildman–Crippen MR) is 72.7 cm³/mol. The summed E-state index contributed by atoms with van der Waals surface area (Å²) in [4.78, 5) is 11.9. The highest BCUT2D eigenvalue weighted by atomic mass is 35.5. The second-order valence-electron chi connectivity index (χ2n) is 3.64. The van der Waals surface area contributed by atoms with Gasteiger partial charge in [0.15, 0.2) is 0 Å². The number of carbonyl (C=O) groups excluding carboxylic acids is 1. The Labute approximate surface area is 112 Å². The van der Waals surface area contributed by atoms with E-state index in [1.165, 1.54) is 0 Å². The third-order valence-corrected chi connectivity index (χ3v) is 2.57. The van der Waals surface area contributed by atoms with Crippen molar-refractivity contribution in [1.29, 1.82) is 0 Å². The van der Waals surface area contributed by atoms with Crippen LogP contribution in [0.25, 0.3) is 0 Å².